The van der Waals surface area contributed by atoms with Gasteiger partial charge in [-0.05, 0) is 37.4 Å². The minimum Gasteiger partial charge on any atom is -0.496 e. The van der Waals surface area contributed by atoms with Gasteiger partial charge in [0.1, 0.15) is 11.5 Å². The molecule has 2 unspecified atom stereocenters. The molecule has 2 rings (SSSR count). The number of nitrogens with one attached hydrogen (secondary N) is 1. The largest absolute Gasteiger partial charge is 0.496 e. The monoisotopic (exact) mass is 249 g/mol. The highest BCUT2D eigenvalue weighted by atomic mass is 16.5. The summed E-state index contributed by atoms with van der Waals surface area (Å²) in [6.07, 6.45) is 2.35. The molecule has 0 amide bonds. The molecule has 0 saturated carbocycles. The smallest absolute Gasteiger partial charge is 0.124 e. The van der Waals surface area contributed by atoms with E-state index in [1.54, 1.807) is 14.2 Å². The Labute approximate surface area is 109 Å². The lowest BCUT2D eigenvalue weighted by Gasteiger charge is -2.32. The van der Waals surface area contributed by atoms with Crippen molar-refractivity contribution in [1.82, 2.24) is 5.32 Å². The first-order valence-electron chi connectivity index (χ1n) is 6.71. The predicted octanol–water partition coefficient (Wildman–Crippen LogP) is 3.25. The van der Waals surface area contributed by atoms with Crippen LogP contribution in [0.2, 0.25) is 0 Å². The van der Waals surface area contributed by atoms with Gasteiger partial charge in [0.2, 0.25) is 0 Å². The zero-order chi connectivity index (χ0) is 13.1. The summed E-state index contributed by atoms with van der Waals surface area (Å²) in [5.74, 6) is 2.49. The third-order valence-electron chi connectivity index (χ3n) is 3.83. The van der Waals surface area contributed by atoms with Gasteiger partial charge in [-0.1, -0.05) is 13.8 Å². The molecule has 0 spiro atoms. The van der Waals surface area contributed by atoms with Crippen LogP contribution in [-0.2, 0) is 0 Å². The highest BCUT2D eigenvalue weighted by molar-refractivity contribution is 5.53. The first-order valence-corrected chi connectivity index (χ1v) is 6.71. The van der Waals surface area contributed by atoms with E-state index in [0.717, 1.165) is 24.5 Å². The van der Waals surface area contributed by atoms with Crippen molar-refractivity contribution in [2.45, 2.75) is 38.6 Å². The van der Waals surface area contributed by atoms with Gasteiger partial charge in [0.25, 0.3) is 0 Å². The molecule has 0 fully saturated rings. The molecule has 1 aliphatic rings. The average Bonchev–Trinajstić information content (AvgIpc) is 2.40. The van der Waals surface area contributed by atoms with Crippen LogP contribution in [-0.4, -0.2) is 20.8 Å². The second-order valence-electron chi connectivity index (χ2n) is 4.89. The third kappa shape index (κ3) is 2.19. The summed E-state index contributed by atoms with van der Waals surface area (Å²) in [5.41, 5.74) is 2.60. The Balaban J connectivity index is 2.55. The van der Waals surface area contributed by atoms with Crippen LogP contribution < -0.4 is 14.8 Å². The molecule has 0 aromatic heterocycles. The zero-order valence-electron chi connectivity index (χ0n) is 11.7. The Kier molecular flexibility index (Phi) is 4.12. The zero-order valence-corrected chi connectivity index (χ0v) is 11.7. The van der Waals surface area contributed by atoms with Crippen LogP contribution in [0.4, 0.5) is 0 Å². The van der Waals surface area contributed by atoms with E-state index in [-0.39, 0.29) is 0 Å². The molecule has 3 nitrogen and oxygen atoms in total. The summed E-state index contributed by atoms with van der Waals surface area (Å²) in [6, 6.07) is 4.41. The summed E-state index contributed by atoms with van der Waals surface area (Å²) in [7, 11) is 3.48. The van der Waals surface area contributed by atoms with E-state index in [1.165, 1.54) is 17.5 Å². The van der Waals surface area contributed by atoms with E-state index < -0.39 is 0 Å². The van der Waals surface area contributed by atoms with Gasteiger partial charge in [-0.25, -0.2) is 0 Å². The molecule has 0 aliphatic heterocycles. The van der Waals surface area contributed by atoms with Crippen LogP contribution in [0.15, 0.2) is 12.1 Å². The first kappa shape index (κ1) is 13.2. The van der Waals surface area contributed by atoms with Crippen molar-refractivity contribution in [1.29, 1.82) is 0 Å². The number of hydrogen-bond donors (Lipinski definition) is 1. The van der Waals surface area contributed by atoms with Crippen molar-refractivity contribution >= 4 is 0 Å². The van der Waals surface area contributed by atoms with E-state index in [9.17, 15) is 0 Å². The molecule has 1 N–H and O–H groups in total. The van der Waals surface area contributed by atoms with E-state index in [1.807, 2.05) is 12.1 Å². The average molecular weight is 249 g/mol. The van der Waals surface area contributed by atoms with Gasteiger partial charge in [-0.15, -0.1) is 0 Å². The Hall–Kier alpha value is -1.22. The lowest BCUT2D eigenvalue weighted by molar-refractivity contribution is 0.359. The molecule has 18 heavy (non-hydrogen) atoms. The van der Waals surface area contributed by atoms with Crippen LogP contribution in [0.25, 0.3) is 0 Å². The van der Waals surface area contributed by atoms with Crippen LogP contribution in [0.3, 0.4) is 0 Å². The quantitative estimate of drug-likeness (QED) is 0.888. The highest BCUT2D eigenvalue weighted by Gasteiger charge is 2.30. The van der Waals surface area contributed by atoms with Crippen LogP contribution in [0, 0.1) is 0 Å². The second-order valence-corrected chi connectivity index (χ2v) is 4.89. The normalized spacial score (nSPS) is 22.4. The minimum atomic E-state index is 0.381. The number of hydrogen-bond acceptors (Lipinski definition) is 3. The molecular weight excluding hydrogens is 226 g/mol. The predicted molar refractivity (Wildman–Crippen MR) is 73.6 cm³/mol. The molecule has 1 aromatic carbocycles. The SMILES string of the molecule is CCNC1CCC(C)c2c(OC)ccc(OC)c21. The maximum Gasteiger partial charge on any atom is 0.124 e. The van der Waals surface area contributed by atoms with Crippen molar-refractivity contribution in [3.05, 3.63) is 23.3 Å². The molecule has 1 aliphatic carbocycles. The number of fused-ring (bicyclic) bond motifs is 1. The summed E-state index contributed by atoms with van der Waals surface area (Å²) < 4.78 is 11.1. The summed E-state index contributed by atoms with van der Waals surface area (Å²) in [6.45, 7) is 5.38. The lowest BCUT2D eigenvalue weighted by atomic mass is 9.80. The van der Waals surface area contributed by atoms with E-state index in [0.29, 0.717) is 12.0 Å². The van der Waals surface area contributed by atoms with Crippen LogP contribution in [0.1, 0.15) is 49.8 Å². The fourth-order valence-electron chi connectivity index (χ4n) is 2.98. The number of rotatable bonds is 4. The second kappa shape index (κ2) is 5.61. The van der Waals surface area contributed by atoms with Crippen molar-refractivity contribution in [3.63, 3.8) is 0 Å². The fourth-order valence-corrected chi connectivity index (χ4v) is 2.98. The fraction of sp³-hybridized carbons (Fsp3) is 0.600. The topological polar surface area (TPSA) is 30.5 Å². The van der Waals surface area contributed by atoms with Gasteiger partial charge in [0.15, 0.2) is 0 Å². The molecular formula is C15H23NO2. The lowest BCUT2D eigenvalue weighted by Crippen LogP contribution is -2.27. The number of methoxy groups -OCH3 is 2. The molecule has 0 radical (unpaired) electrons. The van der Waals surface area contributed by atoms with Gasteiger partial charge in [0.05, 0.1) is 14.2 Å². The highest BCUT2D eigenvalue weighted by Crippen LogP contribution is 2.46. The molecule has 0 heterocycles. The summed E-state index contributed by atoms with van der Waals surface area (Å²) in [4.78, 5) is 0. The third-order valence-corrected chi connectivity index (χ3v) is 3.83. The van der Waals surface area contributed by atoms with E-state index >= 15 is 0 Å². The van der Waals surface area contributed by atoms with Gasteiger partial charge in [0, 0.05) is 17.2 Å². The standard InChI is InChI=1S/C15H23NO2/c1-5-16-11-7-6-10(2)14-12(17-3)8-9-13(18-4)15(11)14/h8-11,16H,5-7H2,1-4H3. The molecule has 1 aromatic rings. The van der Waals surface area contributed by atoms with Crippen LogP contribution >= 0.6 is 0 Å². The maximum atomic E-state index is 5.54. The van der Waals surface area contributed by atoms with E-state index in [2.05, 4.69) is 19.2 Å². The molecule has 0 bridgehead atoms. The Morgan fingerprint density at radius 1 is 1.11 bits per heavy atom. The van der Waals surface area contributed by atoms with Gasteiger partial charge in [-0.2, -0.15) is 0 Å². The summed E-state index contributed by atoms with van der Waals surface area (Å²) >= 11 is 0. The molecule has 3 heteroatoms. The molecule has 2 atom stereocenters. The maximum absolute atomic E-state index is 5.54. The number of ether oxygens (including phenoxy) is 2. The van der Waals surface area contributed by atoms with Gasteiger partial charge >= 0.3 is 0 Å². The van der Waals surface area contributed by atoms with E-state index in [4.69, 9.17) is 9.47 Å². The molecule has 0 saturated heterocycles. The molecule has 100 valence electrons. The van der Waals surface area contributed by atoms with Crippen molar-refractivity contribution < 1.29 is 9.47 Å². The van der Waals surface area contributed by atoms with Gasteiger partial charge < -0.3 is 14.8 Å². The van der Waals surface area contributed by atoms with Crippen molar-refractivity contribution in [3.8, 4) is 11.5 Å². The summed E-state index contributed by atoms with van der Waals surface area (Å²) in [5, 5.41) is 3.55. The van der Waals surface area contributed by atoms with Crippen molar-refractivity contribution in [2.24, 2.45) is 0 Å². The van der Waals surface area contributed by atoms with Crippen LogP contribution in [0.5, 0.6) is 11.5 Å². The number of benzene rings is 1. The first-order chi connectivity index (χ1) is 8.72. The van der Waals surface area contributed by atoms with Gasteiger partial charge in [-0.3, -0.25) is 0 Å². The Bertz CT molecular complexity index is 417. The Morgan fingerprint density at radius 2 is 1.72 bits per heavy atom. The van der Waals surface area contributed by atoms with Crippen molar-refractivity contribution in [2.75, 3.05) is 20.8 Å². The Morgan fingerprint density at radius 3 is 2.28 bits per heavy atom. The minimum absolute atomic E-state index is 0.381.